The summed E-state index contributed by atoms with van der Waals surface area (Å²) in [6.07, 6.45) is 3.59. The molecule has 2 nitrogen and oxygen atoms in total. The van der Waals surface area contributed by atoms with Crippen LogP contribution in [-0.2, 0) is 11.2 Å². The van der Waals surface area contributed by atoms with Gasteiger partial charge in [0.15, 0.2) is 0 Å². The van der Waals surface area contributed by atoms with Crippen molar-refractivity contribution in [1.29, 1.82) is 0 Å². The van der Waals surface area contributed by atoms with Crippen molar-refractivity contribution in [1.82, 2.24) is 0 Å². The quantitative estimate of drug-likeness (QED) is 0.729. The normalized spacial score (nSPS) is 12.4. The molecule has 0 aliphatic carbocycles. The molecular weight excluding hydrogens is 194 g/mol. The van der Waals surface area contributed by atoms with Crippen LogP contribution >= 0.6 is 11.3 Å². The molecule has 0 radical (unpaired) electrons. The lowest BCUT2D eigenvalue weighted by molar-refractivity contribution is -0.120. The first-order valence-electron chi connectivity index (χ1n) is 4.64. The van der Waals surface area contributed by atoms with Crippen LogP contribution in [0.1, 0.15) is 18.4 Å². The number of carbonyl (C=O) groups excluding carboxylic acids is 1. The summed E-state index contributed by atoms with van der Waals surface area (Å²) >= 11 is 1.65. The van der Waals surface area contributed by atoms with Gasteiger partial charge in [-0.2, -0.15) is 11.3 Å². The molecule has 1 heterocycles. The fourth-order valence-electron chi connectivity index (χ4n) is 1.20. The zero-order chi connectivity index (χ0) is 10.4. The molecule has 1 atom stereocenters. The molecule has 0 aliphatic rings. The van der Waals surface area contributed by atoms with E-state index in [1.165, 1.54) is 5.56 Å². The topological polar surface area (TPSA) is 43.1 Å². The number of ketones is 1. The highest BCUT2D eigenvalue weighted by Gasteiger charge is 2.11. The molecule has 14 heavy (non-hydrogen) atoms. The van der Waals surface area contributed by atoms with E-state index in [0.29, 0.717) is 12.8 Å². The number of aryl methyl sites for hydroxylation is 1. The van der Waals surface area contributed by atoms with Gasteiger partial charge in [-0.3, -0.25) is 4.79 Å². The van der Waals surface area contributed by atoms with Gasteiger partial charge in [0.05, 0.1) is 6.04 Å². The monoisotopic (exact) mass is 209 g/mol. The van der Waals surface area contributed by atoms with E-state index in [2.05, 4.69) is 12.0 Å². The van der Waals surface area contributed by atoms with Crippen molar-refractivity contribution in [3.63, 3.8) is 0 Å². The minimum atomic E-state index is -0.369. The molecule has 0 aliphatic heterocycles. The van der Waals surface area contributed by atoms with Crippen LogP contribution in [0.3, 0.4) is 0 Å². The fraction of sp³-hybridized carbons (Fsp3) is 0.364. The summed E-state index contributed by atoms with van der Waals surface area (Å²) in [6.45, 7) is 3.56. The lowest BCUT2D eigenvalue weighted by atomic mass is 10.0. The molecule has 0 bridgehead atoms. The molecule has 3 heteroatoms. The third-order valence-corrected chi connectivity index (χ3v) is 2.81. The average molecular weight is 209 g/mol. The minimum Gasteiger partial charge on any atom is -0.321 e. The van der Waals surface area contributed by atoms with Crippen LogP contribution in [0, 0.1) is 0 Å². The van der Waals surface area contributed by atoms with Crippen LogP contribution in [0.4, 0.5) is 0 Å². The van der Waals surface area contributed by atoms with Gasteiger partial charge in [-0.1, -0.05) is 6.08 Å². The van der Waals surface area contributed by atoms with Crippen molar-refractivity contribution in [3.8, 4) is 0 Å². The predicted molar refractivity (Wildman–Crippen MR) is 60.4 cm³/mol. The van der Waals surface area contributed by atoms with Gasteiger partial charge < -0.3 is 5.73 Å². The largest absolute Gasteiger partial charge is 0.321 e. The van der Waals surface area contributed by atoms with E-state index in [0.717, 1.165) is 6.42 Å². The Balaban J connectivity index is 2.31. The zero-order valence-electron chi connectivity index (χ0n) is 8.11. The Kier molecular flexibility index (Phi) is 4.56. The number of rotatable bonds is 6. The summed E-state index contributed by atoms with van der Waals surface area (Å²) in [5.74, 6) is 0.121. The molecule has 1 rings (SSSR count). The number of hydrogen-bond donors (Lipinski definition) is 1. The molecule has 1 aromatic rings. The molecule has 0 spiro atoms. The number of Topliss-reactive ketones (excluding diaryl/α,β-unsaturated/α-hetero) is 1. The molecule has 0 saturated carbocycles. The minimum absolute atomic E-state index is 0.121. The Hall–Kier alpha value is -0.930. The van der Waals surface area contributed by atoms with Gasteiger partial charge in [0.2, 0.25) is 0 Å². The van der Waals surface area contributed by atoms with Crippen LogP contribution in [0.2, 0.25) is 0 Å². The maximum absolute atomic E-state index is 11.5. The average Bonchev–Trinajstić information content (AvgIpc) is 2.67. The molecule has 76 valence electrons. The maximum Gasteiger partial charge on any atom is 0.150 e. The lowest BCUT2D eigenvalue weighted by Crippen LogP contribution is -2.29. The third-order valence-electron chi connectivity index (χ3n) is 2.07. The smallest absolute Gasteiger partial charge is 0.150 e. The van der Waals surface area contributed by atoms with Gasteiger partial charge >= 0.3 is 0 Å². The summed E-state index contributed by atoms with van der Waals surface area (Å²) < 4.78 is 0. The van der Waals surface area contributed by atoms with E-state index in [4.69, 9.17) is 5.73 Å². The predicted octanol–water partition coefficient (Wildman–Crippen LogP) is 2.15. The second-order valence-electron chi connectivity index (χ2n) is 3.23. The highest BCUT2D eigenvalue weighted by atomic mass is 32.1. The Morgan fingerprint density at radius 2 is 2.50 bits per heavy atom. The number of nitrogens with two attached hydrogens (primary N) is 1. The molecule has 0 saturated heterocycles. The summed E-state index contributed by atoms with van der Waals surface area (Å²) in [7, 11) is 0. The first-order valence-corrected chi connectivity index (χ1v) is 5.58. The third kappa shape index (κ3) is 3.44. The first-order chi connectivity index (χ1) is 6.74. The molecule has 0 aromatic carbocycles. The van der Waals surface area contributed by atoms with Crippen molar-refractivity contribution >= 4 is 17.1 Å². The van der Waals surface area contributed by atoms with Gasteiger partial charge in [0, 0.05) is 6.42 Å². The van der Waals surface area contributed by atoms with Crippen molar-refractivity contribution < 1.29 is 4.79 Å². The Labute approximate surface area is 88.4 Å². The fourth-order valence-corrected chi connectivity index (χ4v) is 1.90. The zero-order valence-corrected chi connectivity index (χ0v) is 8.93. The van der Waals surface area contributed by atoms with E-state index in [1.54, 1.807) is 17.4 Å². The summed E-state index contributed by atoms with van der Waals surface area (Å²) in [5, 5.41) is 4.08. The first kappa shape index (κ1) is 11.1. The van der Waals surface area contributed by atoms with Gasteiger partial charge in [0.25, 0.3) is 0 Å². The van der Waals surface area contributed by atoms with Crippen LogP contribution < -0.4 is 5.73 Å². The second-order valence-corrected chi connectivity index (χ2v) is 4.01. The highest BCUT2D eigenvalue weighted by molar-refractivity contribution is 7.07. The Morgan fingerprint density at radius 3 is 3.07 bits per heavy atom. The lowest BCUT2D eigenvalue weighted by Gasteiger charge is -2.06. The van der Waals surface area contributed by atoms with Crippen molar-refractivity contribution in [3.05, 3.63) is 35.0 Å². The van der Waals surface area contributed by atoms with Crippen molar-refractivity contribution in [2.45, 2.75) is 25.3 Å². The summed E-state index contributed by atoms with van der Waals surface area (Å²) in [4.78, 5) is 11.5. The summed E-state index contributed by atoms with van der Waals surface area (Å²) in [6, 6.07) is 1.67. The highest BCUT2D eigenvalue weighted by Crippen LogP contribution is 2.09. The molecule has 2 N–H and O–H groups in total. The van der Waals surface area contributed by atoms with Gasteiger partial charge in [-0.15, -0.1) is 6.58 Å². The van der Waals surface area contributed by atoms with Gasteiger partial charge in [-0.05, 0) is 35.2 Å². The standard InChI is InChI=1S/C11H15NOS/c1-2-3-10(12)11(13)5-4-9-6-7-14-8-9/h2,6-8,10H,1,3-5,12H2. The van der Waals surface area contributed by atoms with Crippen molar-refractivity contribution in [2.75, 3.05) is 0 Å². The Bertz CT molecular complexity index is 292. The van der Waals surface area contributed by atoms with E-state index in [9.17, 15) is 4.79 Å². The molecule has 1 unspecified atom stereocenters. The van der Waals surface area contributed by atoms with E-state index in [1.807, 2.05) is 11.4 Å². The molecule has 1 aromatic heterocycles. The van der Waals surface area contributed by atoms with E-state index >= 15 is 0 Å². The SMILES string of the molecule is C=CCC(N)C(=O)CCc1ccsc1. The van der Waals surface area contributed by atoms with Crippen molar-refractivity contribution in [2.24, 2.45) is 5.73 Å². The summed E-state index contributed by atoms with van der Waals surface area (Å²) in [5.41, 5.74) is 6.87. The maximum atomic E-state index is 11.5. The van der Waals surface area contributed by atoms with E-state index in [-0.39, 0.29) is 11.8 Å². The number of thiophene rings is 1. The van der Waals surface area contributed by atoms with Crippen LogP contribution in [0.15, 0.2) is 29.5 Å². The van der Waals surface area contributed by atoms with Gasteiger partial charge in [0.1, 0.15) is 5.78 Å². The second kappa shape index (κ2) is 5.73. The Morgan fingerprint density at radius 1 is 1.71 bits per heavy atom. The molecule has 0 fully saturated rings. The van der Waals surface area contributed by atoms with E-state index < -0.39 is 0 Å². The molecular formula is C11H15NOS. The number of carbonyl (C=O) groups is 1. The van der Waals surface area contributed by atoms with Crippen LogP contribution in [0.25, 0.3) is 0 Å². The van der Waals surface area contributed by atoms with Crippen LogP contribution in [0.5, 0.6) is 0 Å². The number of hydrogen-bond acceptors (Lipinski definition) is 3. The van der Waals surface area contributed by atoms with Gasteiger partial charge in [-0.25, -0.2) is 0 Å². The molecule has 0 amide bonds. The van der Waals surface area contributed by atoms with Crippen LogP contribution in [-0.4, -0.2) is 11.8 Å².